The monoisotopic (exact) mass is 903 g/mol. The van der Waals surface area contributed by atoms with Gasteiger partial charge < -0.3 is 4.90 Å². The minimum absolute atomic E-state index is 0.300. The molecule has 8 aromatic carbocycles. The molecule has 0 atom stereocenters. The molecule has 0 amide bonds. The molecule has 342 valence electrons. The maximum Gasteiger partial charge on any atom is 0.0726 e. The van der Waals surface area contributed by atoms with Crippen molar-refractivity contribution in [3.05, 3.63) is 221 Å². The van der Waals surface area contributed by atoms with Gasteiger partial charge in [0.1, 0.15) is 0 Å². The highest BCUT2D eigenvalue weighted by Crippen LogP contribution is 2.68. The molecule has 10 aliphatic carbocycles. The summed E-state index contributed by atoms with van der Waals surface area (Å²) in [6, 6.07) is 73.5. The molecule has 0 saturated heterocycles. The molecule has 0 unspecified atom stereocenters. The van der Waals surface area contributed by atoms with E-state index >= 15 is 0 Å². The lowest BCUT2D eigenvalue weighted by Crippen LogP contribution is -2.48. The Labute approximate surface area is 414 Å². The molecule has 70 heavy (non-hydrogen) atoms. The van der Waals surface area contributed by atoms with Crippen molar-refractivity contribution in [1.29, 1.82) is 0 Å². The van der Waals surface area contributed by atoms with Gasteiger partial charge in [0.2, 0.25) is 0 Å². The first-order valence-electron chi connectivity index (χ1n) is 27.2. The molecule has 0 aliphatic heterocycles. The fourth-order valence-electron chi connectivity index (χ4n) is 18.3. The van der Waals surface area contributed by atoms with E-state index < -0.39 is 5.41 Å². The minimum atomic E-state index is -0.445. The predicted octanol–water partition coefficient (Wildman–Crippen LogP) is 17.8. The molecule has 1 spiro atoms. The van der Waals surface area contributed by atoms with E-state index in [0.29, 0.717) is 10.8 Å². The Hall–Kier alpha value is -6.44. The van der Waals surface area contributed by atoms with Crippen LogP contribution >= 0.6 is 0 Å². The van der Waals surface area contributed by atoms with E-state index in [0.717, 1.165) is 41.2 Å². The van der Waals surface area contributed by atoms with Crippen LogP contribution in [0.15, 0.2) is 188 Å². The van der Waals surface area contributed by atoms with Gasteiger partial charge in [0.15, 0.2) is 0 Å². The SMILES string of the molecule is c1ccc(-c2cccc(N(c3ccc4c(c3)C3(c5ccccc5-4)c4cc(C56CC7CC(CC(C7)C5)C6)ccc4-c4ccc(C56CC7CC(CC(C7)C5)C6)cc43)c3ccccc3-c3ccccc3)c2)cc1. The van der Waals surface area contributed by atoms with Crippen molar-refractivity contribution in [3.8, 4) is 44.5 Å². The Morgan fingerprint density at radius 1 is 0.300 bits per heavy atom. The maximum absolute atomic E-state index is 2.82. The van der Waals surface area contributed by atoms with Crippen molar-refractivity contribution >= 4 is 17.1 Å². The fraction of sp³-hybridized carbons (Fsp3) is 0.304. The highest BCUT2D eigenvalue weighted by Gasteiger charge is 2.57. The zero-order valence-corrected chi connectivity index (χ0v) is 40.3. The Balaban J connectivity index is 0.953. The van der Waals surface area contributed by atoms with Gasteiger partial charge in [-0.05, 0) is 226 Å². The van der Waals surface area contributed by atoms with Gasteiger partial charge in [-0.1, -0.05) is 158 Å². The zero-order chi connectivity index (χ0) is 45.8. The van der Waals surface area contributed by atoms with Crippen molar-refractivity contribution in [2.75, 3.05) is 4.90 Å². The number of nitrogens with zero attached hydrogens (tertiary/aromatic N) is 1. The van der Waals surface area contributed by atoms with Crippen LogP contribution in [0.2, 0.25) is 0 Å². The summed E-state index contributed by atoms with van der Waals surface area (Å²) in [4.78, 5) is 2.57. The number of hydrogen-bond acceptors (Lipinski definition) is 1. The van der Waals surface area contributed by atoms with Crippen molar-refractivity contribution in [3.63, 3.8) is 0 Å². The summed E-state index contributed by atoms with van der Waals surface area (Å²) >= 11 is 0. The van der Waals surface area contributed by atoms with Crippen molar-refractivity contribution < 1.29 is 0 Å². The fourth-order valence-corrected chi connectivity index (χ4v) is 18.3. The number of fused-ring (bicyclic) bond motifs is 10. The van der Waals surface area contributed by atoms with Gasteiger partial charge in [0, 0.05) is 16.9 Å². The Morgan fingerprint density at radius 2 is 0.729 bits per heavy atom. The standard InChI is InChI=1S/C69H61N/c1-3-12-50(13-4-1)52-16-11-17-55(34-52)70(66-21-10-8-18-57(66)51-14-5-2-6-15-51)56-24-27-61-58-19-7-9-20-62(58)69(65(61)37-56)63-35-53(67-38-44-28-45(39-67)30-46(29-44)40-67)22-25-59(63)60-26-23-54(36-64(60)69)68-41-47-31-48(42-68)33-49(32-47)43-68/h1-27,34-37,44-49H,28-33,38-43H2. The first-order chi connectivity index (χ1) is 34.5. The Kier molecular flexibility index (Phi) is 8.52. The molecule has 0 radical (unpaired) electrons. The summed E-state index contributed by atoms with van der Waals surface area (Å²) in [7, 11) is 0. The van der Waals surface area contributed by atoms with Crippen molar-refractivity contribution in [2.45, 2.75) is 93.3 Å². The molecule has 8 bridgehead atoms. The molecular formula is C69H61N. The topological polar surface area (TPSA) is 3.24 Å². The lowest BCUT2D eigenvalue weighted by molar-refractivity contribution is -0.00530. The first kappa shape index (κ1) is 40.3. The molecule has 8 saturated carbocycles. The molecule has 1 nitrogen and oxygen atoms in total. The summed E-state index contributed by atoms with van der Waals surface area (Å²) in [5, 5.41) is 0. The predicted molar refractivity (Wildman–Crippen MR) is 288 cm³/mol. The lowest BCUT2D eigenvalue weighted by Gasteiger charge is -2.57. The summed E-state index contributed by atoms with van der Waals surface area (Å²) < 4.78 is 0. The van der Waals surface area contributed by atoms with E-state index in [4.69, 9.17) is 0 Å². The third-order valence-corrected chi connectivity index (χ3v) is 20.2. The summed E-state index contributed by atoms with van der Waals surface area (Å²) in [6.45, 7) is 0. The smallest absolute Gasteiger partial charge is 0.0726 e. The van der Waals surface area contributed by atoms with Crippen LogP contribution in [0.1, 0.15) is 110 Å². The Bertz CT molecular complexity index is 3250. The molecule has 8 fully saturated rings. The van der Waals surface area contributed by atoms with E-state index in [-0.39, 0.29) is 0 Å². The van der Waals surface area contributed by atoms with Gasteiger partial charge in [-0.15, -0.1) is 0 Å². The van der Waals surface area contributed by atoms with Crippen LogP contribution in [0, 0.1) is 35.5 Å². The molecule has 10 aliphatic rings. The van der Waals surface area contributed by atoms with E-state index in [1.165, 1.54) is 155 Å². The normalized spacial score (nSPS) is 29.8. The highest BCUT2D eigenvalue weighted by atomic mass is 15.1. The third-order valence-electron chi connectivity index (χ3n) is 20.2. The molecule has 18 rings (SSSR count). The van der Waals surface area contributed by atoms with Crippen LogP contribution in [-0.4, -0.2) is 0 Å². The number of benzene rings is 8. The third kappa shape index (κ3) is 5.73. The van der Waals surface area contributed by atoms with Crippen LogP contribution in [0.5, 0.6) is 0 Å². The average Bonchev–Trinajstić information content (AvgIpc) is 3.85. The first-order valence-corrected chi connectivity index (χ1v) is 27.2. The lowest BCUT2D eigenvalue weighted by atomic mass is 9.48. The second kappa shape index (κ2) is 14.8. The zero-order valence-electron chi connectivity index (χ0n) is 40.3. The number of anilines is 3. The molecule has 1 heteroatoms. The summed E-state index contributed by atoms with van der Waals surface area (Å²) in [5.41, 5.74) is 23.5. The van der Waals surface area contributed by atoms with Crippen molar-refractivity contribution in [1.82, 2.24) is 0 Å². The van der Waals surface area contributed by atoms with Gasteiger partial charge in [0.25, 0.3) is 0 Å². The van der Waals surface area contributed by atoms with Crippen LogP contribution in [-0.2, 0) is 16.2 Å². The molecule has 8 aromatic rings. The summed E-state index contributed by atoms with van der Waals surface area (Å²) in [6.07, 6.45) is 17.1. The Morgan fingerprint density at radius 3 is 1.30 bits per heavy atom. The second-order valence-electron chi connectivity index (χ2n) is 24.1. The maximum atomic E-state index is 2.82. The number of rotatable bonds is 7. The van der Waals surface area contributed by atoms with Gasteiger partial charge in [-0.25, -0.2) is 0 Å². The van der Waals surface area contributed by atoms with Crippen LogP contribution < -0.4 is 4.90 Å². The number of para-hydroxylation sites is 1. The van der Waals surface area contributed by atoms with E-state index in [1.807, 2.05) is 0 Å². The molecule has 0 aromatic heterocycles. The molecule has 0 N–H and O–H groups in total. The summed E-state index contributed by atoms with van der Waals surface area (Å²) in [5.74, 6) is 5.38. The minimum Gasteiger partial charge on any atom is -0.310 e. The van der Waals surface area contributed by atoms with Crippen molar-refractivity contribution in [2.24, 2.45) is 35.5 Å². The van der Waals surface area contributed by atoms with Gasteiger partial charge in [-0.2, -0.15) is 0 Å². The second-order valence-corrected chi connectivity index (χ2v) is 24.1. The average molecular weight is 904 g/mol. The largest absolute Gasteiger partial charge is 0.310 e. The van der Waals surface area contributed by atoms with Crippen LogP contribution in [0.25, 0.3) is 44.5 Å². The highest BCUT2D eigenvalue weighted by molar-refractivity contribution is 5.97. The van der Waals surface area contributed by atoms with Gasteiger partial charge in [0.05, 0.1) is 11.1 Å². The van der Waals surface area contributed by atoms with Gasteiger partial charge in [-0.3, -0.25) is 0 Å². The quantitative estimate of drug-likeness (QED) is 0.154. The molecular weight excluding hydrogens is 843 g/mol. The van der Waals surface area contributed by atoms with E-state index in [9.17, 15) is 0 Å². The van der Waals surface area contributed by atoms with Crippen LogP contribution in [0.3, 0.4) is 0 Å². The molecule has 0 heterocycles. The van der Waals surface area contributed by atoms with E-state index in [1.54, 1.807) is 11.1 Å². The van der Waals surface area contributed by atoms with Crippen LogP contribution in [0.4, 0.5) is 17.1 Å². The number of hydrogen-bond donors (Lipinski definition) is 0. The van der Waals surface area contributed by atoms with E-state index in [2.05, 4.69) is 193 Å². The van der Waals surface area contributed by atoms with Gasteiger partial charge >= 0.3 is 0 Å².